The van der Waals surface area contributed by atoms with E-state index in [9.17, 15) is 9.59 Å². The van der Waals surface area contributed by atoms with E-state index in [4.69, 9.17) is 5.11 Å². The SMILES string of the molecule is O=C(O)c1ccncc1C(=O)Nc1cccc2ccccc12. The molecule has 0 aliphatic rings. The van der Waals surface area contributed by atoms with Gasteiger partial charge in [0.15, 0.2) is 0 Å². The van der Waals surface area contributed by atoms with Crippen LogP contribution in [-0.2, 0) is 0 Å². The number of hydrogen-bond donors (Lipinski definition) is 2. The van der Waals surface area contributed by atoms with E-state index in [1.807, 2.05) is 36.4 Å². The standard InChI is InChI=1S/C17H12N2O3/c20-16(14-10-18-9-8-13(14)17(21)22)19-15-7-3-5-11-4-1-2-6-12(11)15/h1-10H,(H,19,20)(H,21,22). The Balaban J connectivity index is 1.99. The van der Waals surface area contributed by atoms with Gasteiger partial charge in [-0.3, -0.25) is 9.78 Å². The summed E-state index contributed by atoms with van der Waals surface area (Å²) in [6.07, 6.45) is 2.60. The first kappa shape index (κ1) is 13.8. The van der Waals surface area contributed by atoms with Gasteiger partial charge in [0, 0.05) is 23.5 Å². The van der Waals surface area contributed by atoms with Crippen LogP contribution < -0.4 is 5.32 Å². The van der Waals surface area contributed by atoms with Crippen molar-refractivity contribution in [2.75, 3.05) is 5.32 Å². The number of pyridine rings is 1. The third-order valence-electron chi connectivity index (χ3n) is 3.33. The maximum absolute atomic E-state index is 12.4. The Bertz CT molecular complexity index is 869. The van der Waals surface area contributed by atoms with Crippen molar-refractivity contribution in [3.63, 3.8) is 0 Å². The van der Waals surface area contributed by atoms with E-state index >= 15 is 0 Å². The van der Waals surface area contributed by atoms with Gasteiger partial charge in [-0.15, -0.1) is 0 Å². The minimum absolute atomic E-state index is 0.0305. The van der Waals surface area contributed by atoms with Crippen molar-refractivity contribution in [1.29, 1.82) is 0 Å². The van der Waals surface area contributed by atoms with E-state index in [1.165, 1.54) is 18.5 Å². The highest BCUT2D eigenvalue weighted by atomic mass is 16.4. The Labute approximate surface area is 126 Å². The summed E-state index contributed by atoms with van der Waals surface area (Å²) in [5.74, 6) is -1.66. The quantitative estimate of drug-likeness (QED) is 0.777. The molecule has 5 heteroatoms. The Morgan fingerprint density at radius 1 is 0.955 bits per heavy atom. The summed E-state index contributed by atoms with van der Waals surface area (Å²) < 4.78 is 0. The van der Waals surface area contributed by atoms with Gasteiger partial charge in [0.05, 0.1) is 11.1 Å². The molecule has 0 bridgehead atoms. The number of anilines is 1. The first-order valence-electron chi connectivity index (χ1n) is 6.63. The Kier molecular flexibility index (Phi) is 3.53. The van der Waals surface area contributed by atoms with Gasteiger partial charge >= 0.3 is 5.97 Å². The zero-order valence-electron chi connectivity index (χ0n) is 11.5. The third kappa shape index (κ3) is 2.52. The van der Waals surface area contributed by atoms with Gasteiger partial charge in [-0.2, -0.15) is 0 Å². The molecule has 0 aliphatic carbocycles. The number of benzene rings is 2. The molecule has 0 aliphatic heterocycles. The maximum atomic E-state index is 12.4. The molecule has 0 atom stereocenters. The van der Waals surface area contributed by atoms with E-state index in [2.05, 4.69) is 10.3 Å². The van der Waals surface area contributed by atoms with Crippen LogP contribution >= 0.6 is 0 Å². The Morgan fingerprint density at radius 3 is 2.55 bits per heavy atom. The first-order chi connectivity index (χ1) is 10.7. The molecule has 2 N–H and O–H groups in total. The molecular weight excluding hydrogens is 280 g/mol. The Hall–Kier alpha value is -3.21. The number of carboxylic acids is 1. The third-order valence-corrected chi connectivity index (χ3v) is 3.33. The van der Waals surface area contributed by atoms with Crippen LogP contribution in [0.2, 0.25) is 0 Å². The smallest absolute Gasteiger partial charge is 0.336 e. The van der Waals surface area contributed by atoms with Gasteiger partial charge in [0.2, 0.25) is 0 Å². The minimum Gasteiger partial charge on any atom is -0.478 e. The van der Waals surface area contributed by atoms with Crippen LogP contribution in [0.3, 0.4) is 0 Å². The van der Waals surface area contributed by atoms with Gasteiger partial charge in [0.1, 0.15) is 0 Å². The summed E-state index contributed by atoms with van der Waals surface area (Å²) in [6.45, 7) is 0. The van der Waals surface area contributed by atoms with Gasteiger partial charge < -0.3 is 10.4 Å². The van der Waals surface area contributed by atoms with Crippen molar-refractivity contribution in [2.24, 2.45) is 0 Å². The van der Waals surface area contributed by atoms with Crippen LogP contribution in [0.4, 0.5) is 5.69 Å². The monoisotopic (exact) mass is 292 g/mol. The molecule has 0 saturated carbocycles. The molecule has 22 heavy (non-hydrogen) atoms. The first-order valence-corrected chi connectivity index (χ1v) is 6.63. The fraction of sp³-hybridized carbons (Fsp3) is 0. The van der Waals surface area contributed by atoms with Crippen LogP contribution in [0.15, 0.2) is 60.9 Å². The lowest BCUT2D eigenvalue weighted by Gasteiger charge is -2.10. The second-order valence-corrected chi connectivity index (χ2v) is 4.71. The van der Waals surface area contributed by atoms with Gasteiger partial charge in [0.25, 0.3) is 5.91 Å². The molecule has 1 heterocycles. The molecule has 0 fully saturated rings. The van der Waals surface area contributed by atoms with Crippen LogP contribution in [-0.4, -0.2) is 22.0 Å². The molecule has 108 valence electrons. The summed E-state index contributed by atoms with van der Waals surface area (Å²) in [5, 5.41) is 13.8. The molecule has 5 nitrogen and oxygen atoms in total. The number of aromatic nitrogens is 1. The molecule has 1 amide bonds. The number of rotatable bonds is 3. The van der Waals surface area contributed by atoms with E-state index in [0.717, 1.165) is 10.8 Å². The highest BCUT2D eigenvalue weighted by Crippen LogP contribution is 2.23. The highest BCUT2D eigenvalue weighted by Gasteiger charge is 2.17. The number of amides is 1. The van der Waals surface area contributed by atoms with Crippen molar-refractivity contribution in [2.45, 2.75) is 0 Å². The average molecular weight is 292 g/mol. The molecule has 0 unspecified atom stereocenters. The predicted octanol–water partition coefficient (Wildman–Crippen LogP) is 3.19. The van der Waals surface area contributed by atoms with E-state index in [-0.39, 0.29) is 11.1 Å². The van der Waals surface area contributed by atoms with Crippen molar-refractivity contribution in [1.82, 2.24) is 4.98 Å². The van der Waals surface area contributed by atoms with Crippen LogP contribution in [0.1, 0.15) is 20.7 Å². The van der Waals surface area contributed by atoms with Crippen molar-refractivity contribution >= 4 is 28.3 Å². The molecule has 0 spiro atoms. The van der Waals surface area contributed by atoms with Crippen molar-refractivity contribution in [3.8, 4) is 0 Å². The normalized spacial score (nSPS) is 10.4. The maximum Gasteiger partial charge on any atom is 0.336 e. The molecule has 0 radical (unpaired) electrons. The van der Waals surface area contributed by atoms with Gasteiger partial charge in [-0.1, -0.05) is 36.4 Å². The second-order valence-electron chi connectivity index (χ2n) is 4.71. The predicted molar refractivity (Wildman–Crippen MR) is 83.1 cm³/mol. The number of carboxylic acid groups (broad SMARTS) is 1. The molecule has 0 saturated heterocycles. The average Bonchev–Trinajstić information content (AvgIpc) is 2.55. The largest absolute Gasteiger partial charge is 0.478 e. The number of nitrogens with zero attached hydrogens (tertiary/aromatic N) is 1. The zero-order chi connectivity index (χ0) is 15.5. The number of hydrogen-bond acceptors (Lipinski definition) is 3. The molecule has 2 aromatic carbocycles. The number of carbonyl (C=O) groups excluding carboxylic acids is 1. The summed E-state index contributed by atoms with van der Waals surface area (Å²) >= 11 is 0. The number of carbonyl (C=O) groups is 2. The summed E-state index contributed by atoms with van der Waals surface area (Å²) in [4.78, 5) is 27.4. The Morgan fingerprint density at radius 2 is 1.73 bits per heavy atom. The lowest BCUT2D eigenvalue weighted by molar-refractivity contribution is 0.0692. The lowest BCUT2D eigenvalue weighted by Crippen LogP contribution is -2.16. The summed E-state index contributed by atoms with van der Waals surface area (Å²) in [5.41, 5.74) is 0.582. The van der Waals surface area contributed by atoms with E-state index < -0.39 is 11.9 Å². The van der Waals surface area contributed by atoms with Gasteiger partial charge in [-0.25, -0.2) is 4.79 Å². The molecule has 1 aromatic heterocycles. The number of aromatic carboxylic acids is 1. The zero-order valence-corrected chi connectivity index (χ0v) is 11.5. The van der Waals surface area contributed by atoms with Crippen LogP contribution in [0, 0.1) is 0 Å². The highest BCUT2D eigenvalue weighted by molar-refractivity contribution is 6.13. The topological polar surface area (TPSA) is 79.3 Å². The van der Waals surface area contributed by atoms with Gasteiger partial charge in [-0.05, 0) is 17.5 Å². The summed E-state index contributed by atoms with van der Waals surface area (Å²) in [7, 11) is 0. The van der Waals surface area contributed by atoms with Crippen molar-refractivity contribution < 1.29 is 14.7 Å². The van der Waals surface area contributed by atoms with E-state index in [1.54, 1.807) is 6.07 Å². The minimum atomic E-state index is -1.16. The number of nitrogens with one attached hydrogen (secondary N) is 1. The fourth-order valence-electron chi connectivity index (χ4n) is 2.29. The molecular formula is C17H12N2O3. The summed E-state index contributed by atoms with van der Waals surface area (Å²) in [6, 6.07) is 14.5. The fourth-order valence-corrected chi connectivity index (χ4v) is 2.29. The second kappa shape index (κ2) is 5.65. The van der Waals surface area contributed by atoms with Crippen LogP contribution in [0.5, 0.6) is 0 Å². The van der Waals surface area contributed by atoms with Crippen LogP contribution in [0.25, 0.3) is 10.8 Å². The molecule has 3 rings (SSSR count). The molecule has 3 aromatic rings. The van der Waals surface area contributed by atoms with Crippen molar-refractivity contribution in [3.05, 3.63) is 72.1 Å². The number of fused-ring (bicyclic) bond motifs is 1. The van der Waals surface area contributed by atoms with E-state index in [0.29, 0.717) is 5.69 Å². The lowest BCUT2D eigenvalue weighted by atomic mass is 10.1.